The van der Waals surface area contributed by atoms with Crippen molar-refractivity contribution in [1.82, 2.24) is 14.4 Å². The van der Waals surface area contributed by atoms with Gasteiger partial charge in [-0.15, -0.1) is 0 Å². The minimum absolute atomic E-state index is 0.363. The zero-order valence-electron chi connectivity index (χ0n) is 13.2. The van der Waals surface area contributed by atoms with Crippen LogP contribution in [0.1, 0.15) is 0 Å². The number of halogens is 1. The molecule has 0 saturated carbocycles. The second-order valence-electron chi connectivity index (χ2n) is 5.23. The van der Waals surface area contributed by atoms with Gasteiger partial charge in [0.05, 0.1) is 37.1 Å². The molecule has 0 aliphatic carbocycles. The van der Waals surface area contributed by atoms with E-state index in [0.717, 1.165) is 22.3 Å². The lowest BCUT2D eigenvalue weighted by molar-refractivity contribution is 0.356. The summed E-state index contributed by atoms with van der Waals surface area (Å²) in [6, 6.07) is 13.5. The summed E-state index contributed by atoms with van der Waals surface area (Å²) in [7, 11) is 3.24. The number of ether oxygens (including phenoxy) is 2. The molecule has 0 aliphatic heterocycles. The fraction of sp³-hybridized carbons (Fsp3) is 0.111. The van der Waals surface area contributed by atoms with Gasteiger partial charge in [0.2, 0.25) is 0 Å². The average molecular weight is 340 g/mol. The van der Waals surface area contributed by atoms with E-state index in [-0.39, 0.29) is 0 Å². The molecular formula is C18H14ClN3O2. The largest absolute Gasteiger partial charge is 0.493 e. The molecule has 2 aromatic carbocycles. The van der Waals surface area contributed by atoms with Gasteiger partial charge in [0.25, 0.3) is 0 Å². The Hall–Kier alpha value is -2.79. The van der Waals surface area contributed by atoms with Crippen LogP contribution in [0.5, 0.6) is 11.5 Å². The van der Waals surface area contributed by atoms with Crippen molar-refractivity contribution in [2.45, 2.75) is 0 Å². The topological polar surface area (TPSA) is 48.7 Å². The molecule has 0 fully saturated rings. The molecule has 4 rings (SSSR count). The van der Waals surface area contributed by atoms with Crippen molar-refractivity contribution in [1.29, 1.82) is 0 Å². The second-order valence-corrected chi connectivity index (χ2v) is 5.59. The Morgan fingerprint density at radius 2 is 1.83 bits per heavy atom. The third kappa shape index (κ3) is 2.09. The van der Waals surface area contributed by atoms with Crippen molar-refractivity contribution < 1.29 is 9.47 Å². The summed E-state index contributed by atoms with van der Waals surface area (Å²) in [6.45, 7) is 0. The third-order valence-corrected chi connectivity index (χ3v) is 4.22. The lowest BCUT2D eigenvalue weighted by atomic mass is 10.1. The summed E-state index contributed by atoms with van der Waals surface area (Å²) in [5.41, 5.74) is 4.07. The number of nitrogens with zero attached hydrogens (tertiary/aromatic N) is 3. The van der Waals surface area contributed by atoms with E-state index in [1.165, 1.54) is 0 Å². The minimum Gasteiger partial charge on any atom is -0.493 e. The van der Waals surface area contributed by atoms with E-state index >= 15 is 0 Å². The summed E-state index contributed by atoms with van der Waals surface area (Å²) >= 11 is 6.32. The molecule has 2 heterocycles. The summed E-state index contributed by atoms with van der Waals surface area (Å²) in [4.78, 5) is 8.86. The Morgan fingerprint density at radius 1 is 1.00 bits per heavy atom. The molecule has 0 N–H and O–H groups in total. The monoisotopic (exact) mass is 339 g/mol. The highest BCUT2D eigenvalue weighted by atomic mass is 35.5. The van der Waals surface area contributed by atoms with Gasteiger partial charge in [-0.05, 0) is 24.3 Å². The number of imidazole rings is 1. The third-order valence-electron chi connectivity index (χ3n) is 3.97. The maximum absolute atomic E-state index is 6.32. The second kappa shape index (κ2) is 5.69. The number of aromatic nitrogens is 3. The smallest absolute Gasteiger partial charge is 0.175 e. The van der Waals surface area contributed by atoms with Crippen LogP contribution in [0.2, 0.25) is 5.15 Å². The normalized spacial score (nSPS) is 11.1. The number of para-hydroxylation sites is 3. The zero-order valence-corrected chi connectivity index (χ0v) is 13.9. The maximum Gasteiger partial charge on any atom is 0.175 e. The van der Waals surface area contributed by atoms with E-state index in [1.807, 2.05) is 46.9 Å². The SMILES string of the molecule is COc1cccc(-c2cnc3c(Cl)nc4ccccc4n23)c1OC. The fourth-order valence-corrected chi connectivity index (χ4v) is 3.15. The van der Waals surface area contributed by atoms with Crippen molar-refractivity contribution >= 4 is 28.3 Å². The van der Waals surface area contributed by atoms with E-state index in [2.05, 4.69) is 9.97 Å². The van der Waals surface area contributed by atoms with Gasteiger partial charge in [-0.3, -0.25) is 4.40 Å². The first-order chi connectivity index (χ1) is 11.7. The Morgan fingerprint density at radius 3 is 2.62 bits per heavy atom. The fourth-order valence-electron chi connectivity index (χ4n) is 2.92. The van der Waals surface area contributed by atoms with Gasteiger partial charge in [-0.25, -0.2) is 9.97 Å². The predicted octanol–water partition coefficient (Wildman–Crippen LogP) is 4.22. The van der Waals surface area contributed by atoms with Gasteiger partial charge >= 0.3 is 0 Å². The number of rotatable bonds is 3. The molecule has 6 heteroatoms. The van der Waals surface area contributed by atoms with Crippen molar-refractivity contribution in [2.75, 3.05) is 14.2 Å². The van der Waals surface area contributed by atoms with Crippen LogP contribution in [-0.4, -0.2) is 28.6 Å². The van der Waals surface area contributed by atoms with E-state index in [1.54, 1.807) is 20.4 Å². The molecule has 0 bridgehead atoms. The first-order valence-electron chi connectivity index (χ1n) is 7.37. The summed E-state index contributed by atoms with van der Waals surface area (Å²) in [5, 5.41) is 0.363. The molecule has 0 saturated heterocycles. The van der Waals surface area contributed by atoms with E-state index in [0.29, 0.717) is 22.3 Å². The first kappa shape index (κ1) is 14.8. The molecule has 0 radical (unpaired) electrons. The van der Waals surface area contributed by atoms with E-state index in [9.17, 15) is 0 Å². The molecule has 0 amide bonds. The lowest BCUT2D eigenvalue weighted by Crippen LogP contribution is -1.97. The van der Waals surface area contributed by atoms with Crippen molar-refractivity contribution in [3.63, 3.8) is 0 Å². The number of hydrogen-bond donors (Lipinski definition) is 0. The Kier molecular flexibility index (Phi) is 3.50. The van der Waals surface area contributed by atoms with Crippen LogP contribution in [0.15, 0.2) is 48.7 Å². The molecule has 0 unspecified atom stereocenters. The van der Waals surface area contributed by atoms with Crippen LogP contribution in [0.4, 0.5) is 0 Å². The van der Waals surface area contributed by atoms with Crippen LogP contribution in [0.3, 0.4) is 0 Å². The summed E-state index contributed by atoms with van der Waals surface area (Å²) in [6.07, 6.45) is 1.77. The van der Waals surface area contributed by atoms with Gasteiger partial charge in [-0.1, -0.05) is 29.8 Å². The van der Waals surface area contributed by atoms with Gasteiger partial charge in [-0.2, -0.15) is 0 Å². The molecule has 0 spiro atoms. The highest BCUT2D eigenvalue weighted by Gasteiger charge is 2.18. The predicted molar refractivity (Wildman–Crippen MR) is 94.0 cm³/mol. The molecule has 24 heavy (non-hydrogen) atoms. The van der Waals surface area contributed by atoms with E-state index < -0.39 is 0 Å². The van der Waals surface area contributed by atoms with Gasteiger partial charge in [0.1, 0.15) is 0 Å². The minimum atomic E-state index is 0.363. The van der Waals surface area contributed by atoms with Gasteiger partial charge < -0.3 is 9.47 Å². The quantitative estimate of drug-likeness (QED) is 0.560. The molecule has 0 aliphatic rings. The number of methoxy groups -OCH3 is 2. The summed E-state index contributed by atoms with van der Waals surface area (Å²) in [5.74, 6) is 1.31. The van der Waals surface area contributed by atoms with E-state index in [4.69, 9.17) is 21.1 Å². The van der Waals surface area contributed by atoms with Crippen molar-refractivity contribution in [3.05, 3.63) is 53.8 Å². The van der Waals surface area contributed by atoms with Crippen LogP contribution in [0, 0.1) is 0 Å². The molecular weight excluding hydrogens is 326 g/mol. The number of hydrogen-bond acceptors (Lipinski definition) is 4. The first-order valence-corrected chi connectivity index (χ1v) is 7.75. The zero-order chi connectivity index (χ0) is 16.7. The Bertz CT molecular complexity index is 1060. The Balaban J connectivity index is 2.13. The average Bonchev–Trinajstić information content (AvgIpc) is 3.07. The highest BCUT2D eigenvalue weighted by molar-refractivity contribution is 6.32. The molecule has 4 aromatic rings. The van der Waals surface area contributed by atoms with Crippen LogP contribution in [-0.2, 0) is 0 Å². The Labute approximate surface area is 143 Å². The molecule has 5 nitrogen and oxygen atoms in total. The van der Waals surface area contributed by atoms with Gasteiger partial charge in [0, 0.05) is 5.56 Å². The van der Waals surface area contributed by atoms with Crippen molar-refractivity contribution in [3.8, 4) is 22.8 Å². The number of fused-ring (bicyclic) bond motifs is 3. The highest BCUT2D eigenvalue weighted by Crippen LogP contribution is 2.39. The number of benzene rings is 2. The molecule has 2 aromatic heterocycles. The van der Waals surface area contributed by atoms with Crippen LogP contribution < -0.4 is 9.47 Å². The lowest BCUT2D eigenvalue weighted by Gasteiger charge is -2.13. The van der Waals surface area contributed by atoms with Crippen LogP contribution in [0.25, 0.3) is 27.9 Å². The summed E-state index contributed by atoms with van der Waals surface area (Å²) < 4.78 is 13.0. The standard InChI is InChI=1S/C18H14ClN3O2/c1-23-15-9-5-6-11(16(15)24-2)14-10-20-18-17(19)21-12-7-3-4-8-13(12)22(14)18/h3-10H,1-2H3. The molecule has 0 atom stereocenters. The van der Waals surface area contributed by atoms with Crippen molar-refractivity contribution in [2.24, 2.45) is 0 Å². The maximum atomic E-state index is 6.32. The molecule has 120 valence electrons. The van der Waals surface area contributed by atoms with Crippen LogP contribution >= 0.6 is 11.6 Å². The van der Waals surface area contributed by atoms with Gasteiger partial charge in [0.15, 0.2) is 22.3 Å².